The molecule has 0 aliphatic carbocycles. The lowest BCUT2D eigenvalue weighted by Gasteiger charge is -2.07. The van der Waals surface area contributed by atoms with Gasteiger partial charge < -0.3 is 4.57 Å². The molecule has 0 saturated heterocycles. The van der Waals surface area contributed by atoms with E-state index in [1.807, 2.05) is 0 Å². The normalized spacial score (nSPS) is 11.3. The van der Waals surface area contributed by atoms with Crippen LogP contribution in [0.1, 0.15) is 16.1 Å². The molecule has 1 aromatic carbocycles. The highest BCUT2D eigenvalue weighted by Gasteiger charge is 2.22. The first-order chi connectivity index (χ1) is 11.9. The van der Waals surface area contributed by atoms with Crippen LogP contribution in [0.4, 0.5) is 0 Å². The van der Waals surface area contributed by atoms with E-state index in [4.69, 9.17) is 0 Å². The second-order valence-electron chi connectivity index (χ2n) is 5.48. The SMILES string of the molecule is Cc1ccccc1S(=O)(=O)NC(=O)c1cn(C)c(-c2ccccn2)n1. The fourth-order valence-corrected chi connectivity index (χ4v) is 3.60. The first-order valence-electron chi connectivity index (χ1n) is 7.46. The highest BCUT2D eigenvalue weighted by atomic mass is 32.2. The van der Waals surface area contributed by atoms with Crippen LogP contribution in [0, 0.1) is 6.92 Å². The number of sulfonamides is 1. The third-order valence-corrected chi connectivity index (χ3v) is 5.10. The van der Waals surface area contributed by atoms with Crippen LogP contribution in [-0.4, -0.2) is 28.9 Å². The Morgan fingerprint density at radius 1 is 1.12 bits per heavy atom. The maximum absolute atomic E-state index is 12.4. The fourth-order valence-electron chi connectivity index (χ4n) is 2.40. The molecule has 1 N–H and O–H groups in total. The van der Waals surface area contributed by atoms with E-state index >= 15 is 0 Å². The maximum atomic E-state index is 12.4. The van der Waals surface area contributed by atoms with E-state index in [2.05, 4.69) is 14.7 Å². The molecule has 128 valence electrons. The van der Waals surface area contributed by atoms with Crippen molar-refractivity contribution >= 4 is 15.9 Å². The zero-order valence-corrected chi connectivity index (χ0v) is 14.5. The molecule has 0 fully saturated rings. The predicted molar refractivity (Wildman–Crippen MR) is 92.3 cm³/mol. The molecule has 7 nitrogen and oxygen atoms in total. The van der Waals surface area contributed by atoms with Crippen molar-refractivity contribution in [3.05, 3.63) is 66.1 Å². The summed E-state index contributed by atoms with van der Waals surface area (Å²) in [5.41, 5.74) is 1.14. The number of benzene rings is 1. The highest BCUT2D eigenvalue weighted by Crippen LogP contribution is 2.17. The molecule has 3 rings (SSSR count). The number of rotatable bonds is 4. The summed E-state index contributed by atoms with van der Waals surface area (Å²) in [5, 5.41) is 0. The number of aryl methyl sites for hydroxylation is 2. The van der Waals surface area contributed by atoms with E-state index in [9.17, 15) is 13.2 Å². The van der Waals surface area contributed by atoms with Gasteiger partial charge in [-0.3, -0.25) is 9.78 Å². The van der Waals surface area contributed by atoms with E-state index in [-0.39, 0.29) is 10.6 Å². The summed E-state index contributed by atoms with van der Waals surface area (Å²) < 4.78 is 28.5. The smallest absolute Gasteiger partial charge is 0.285 e. The van der Waals surface area contributed by atoms with Gasteiger partial charge in [0.2, 0.25) is 0 Å². The van der Waals surface area contributed by atoms with Gasteiger partial charge in [0.1, 0.15) is 11.4 Å². The first kappa shape index (κ1) is 16.8. The van der Waals surface area contributed by atoms with Crippen molar-refractivity contribution < 1.29 is 13.2 Å². The van der Waals surface area contributed by atoms with E-state index in [1.54, 1.807) is 61.1 Å². The van der Waals surface area contributed by atoms with Crippen LogP contribution in [0.25, 0.3) is 11.5 Å². The Labute approximate surface area is 145 Å². The molecule has 0 atom stereocenters. The van der Waals surface area contributed by atoms with Crippen LogP contribution in [0.2, 0.25) is 0 Å². The second-order valence-corrected chi connectivity index (χ2v) is 7.13. The van der Waals surface area contributed by atoms with Crippen LogP contribution < -0.4 is 4.72 Å². The molecule has 3 aromatic rings. The number of imidazole rings is 1. The molecular weight excluding hydrogens is 340 g/mol. The lowest BCUT2D eigenvalue weighted by Crippen LogP contribution is -2.31. The Bertz CT molecular complexity index is 1030. The molecule has 25 heavy (non-hydrogen) atoms. The molecule has 2 aromatic heterocycles. The Kier molecular flexibility index (Phi) is 4.37. The van der Waals surface area contributed by atoms with Crippen LogP contribution in [0.5, 0.6) is 0 Å². The molecule has 0 bridgehead atoms. The number of nitrogens with one attached hydrogen (secondary N) is 1. The minimum Gasteiger partial charge on any atom is -0.332 e. The monoisotopic (exact) mass is 356 g/mol. The van der Waals surface area contributed by atoms with Crippen LogP contribution in [-0.2, 0) is 17.1 Å². The summed E-state index contributed by atoms with van der Waals surface area (Å²) in [6, 6.07) is 11.8. The van der Waals surface area contributed by atoms with Gasteiger partial charge in [-0.05, 0) is 30.7 Å². The summed E-state index contributed by atoms with van der Waals surface area (Å²) in [5.74, 6) is -0.319. The van der Waals surface area contributed by atoms with E-state index in [0.29, 0.717) is 17.1 Å². The third kappa shape index (κ3) is 3.43. The van der Waals surface area contributed by atoms with Gasteiger partial charge in [0.05, 0.1) is 4.90 Å². The van der Waals surface area contributed by atoms with Gasteiger partial charge in [-0.15, -0.1) is 0 Å². The maximum Gasteiger partial charge on any atom is 0.285 e. The van der Waals surface area contributed by atoms with Crippen molar-refractivity contribution in [3.8, 4) is 11.5 Å². The average molecular weight is 356 g/mol. The number of pyridine rings is 1. The van der Waals surface area contributed by atoms with Gasteiger partial charge in [0, 0.05) is 19.4 Å². The van der Waals surface area contributed by atoms with Gasteiger partial charge >= 0.3 is 0 Å². The van der Waals surface area contributed by atoms with Gasteiger partial charge in [0.25, 0.3) is 15.9 Å². The van der Waals surface area contributed by atoms with Crippen molar-refractivity contribution in [1.29, 1.82) is 0 Å². The Hall–Kier alpha value is -3.00. The zero-order valence-electron chi connectivity index (χ0n) is 13.7. The zero-order chi connectivity index (χ0) is 18.0. The van der Waals surface area contributed by atoms with Gasteiger partial charge in [0.15, 0.2) is 5.82 Å². The summed E-state index contributed by atoms with van der Waals surface area (Å²) in [4.78, 5) is 20.8. The van der Waals surface area contributed by atoms with Crippen molar-refractivity contribution in [1.82, 2.24) is 19.3 Å². The van der Waals surface area contributed by atoms with Crippen molar-refractivity contribution in [2.24, 2.45) is 7.05 Å². The predicted octanol–water partition coefficient (Wildman–Crippen LogP) is 1.91. The topological polar surface area (TPSA) is 94.0 Å². The van der Waals surface area contributed by atoms with Crippen LogP contribution >= 0.6 is 0 Å². The van der Waals surface area contributed by atoms with Crippen LogP contribution in [0.15, 0.2) is 59.8 Å². The quantitative estimate of drug-likeness (QED) is 0.771. The van der Waals surface area contributed by atoms with Gasteiger partial charge in [-0.2, -0.15) is 0 Å². The minimum absolute atomic E-state index is 0.000289. The Balaban J connectivity index is 1.89. The lowest BCUT2D eigenvalue weighted by molar-refractivity contribution is 0.0977. The number of amides is 1. The minimum atomic E-state index is -3.97. The molecule has 1 amide bonds. The van der Waals surface area contributed by atoms with Crippen LogP contribution in [0.3, 0.4) is 0 Å². The molecule has 0 aliphatic rings. The third-order valence-electron chi connectivity index (χ3n) is 3.61. The number of hydrogen-bond acceptors (Lipinski definition) is 5. The molecule has 2 heterocycles. The highest BCUT2D eigenvalue weighted by molar-refractivity contribution is 7.90. The molecule has 0 spiro atoms. The summed E-state index contributed by atoms with van der Waals surface area (Å²) in [6.07, 6.45) is 3.08. The number of carbonyl (C=O) groups is 1. The summed E-state index contributed by atoms with van der Waals surface area (Å²) >= 11 is 0. The molecule has 0 unspecified atom stereocenters. The number of aromatic nitrogens is 3. The van der Waals surface area contributed by atoms with Gasteiger partial charge in [-0.25, -0.2) is 18.1 Å². The van der Waals surface area contributed by atoms with Crippen molar-refractivity contribution in [2.45, 2.75) is 11.8 Å². The molecule has 8 heteroatoms. The molecule has 0 radical (unpaired) electrons. The van der Waals surface area contributed by atoms with E-state index in [0.717, 1.165) is 0 Å². The molecule has 0 saturated carbocycles. The first-order valence-corrected chi connectivity index (χ1v) is 8.94. The number of hydrogen-bond donors (Lipinski definition) is 1. The number of nitrogens with zero attached hydrogens (tertiary/aromatic N) is 3. The Morgan fingerprint density at radius 2 is 1.84 bits per heavy atom. The fraction of sp³-hybridized carbons (Fsp3) is 0.118. The molecule has 0 aliphatic heterocycles. The largest absolute Gasteiger partial charge is 0.332 e. The average Bonchev–Trinajstić information content (AvgIpc) is 2.97. The lowest BCUT2D eigenvalue weighted by atomic mass is 10.2. The van der Waals surface area contributed by atoms with Crippen molar-refractivity contribution in [3.63, 3.8) is 0 Å². The molecular formula is C17H16N4O3S. The summed E-state index contributed by atoms with van der Waals surface area (Å²) in [6.45, 7) is 1.67. The number of carbonyl (C=O) groups excluding carboxylic acids is 1. The van der Waals surface area contributed by atoms with Gasteiger partial charge in [-0.1, -0.05) is 24.3 Å². The standard InChI is InChI=1S/C17H16N4O3S/c1-12-7-3-4-9-15(12)25(23,24)20-17(22)14-11-21(2)16(19-14)13-8-5-6-10-18-13/h3-11H,1-2H3,(H,20,22). The summed E-state index contributed by atoms with van der Waals surface area (Å²) in [7, 11) is -2.26. The van der Waals surface area contributed by atoms with E-state index in [1.165, 1.54) is 12.3 Å². The second kappa shape index (κ2) is 6.48. The Morgan fingerprint density at radius 3 is 2.52 bits per heavy atom. The van der Waals surface area contributed by atoms with Crippen molar-refractivity contribution in [2.75, 3.05) is 0 Å². The van der Waals surface area contributed by atoms with E-state index < -0.39 is 15.9 Å².